The van der Waals surface area contributed by atoms with Crippen molar-refractivity contribution in [1.29, 1.82) is 0 Å². The Bertz CT molecular complexity index is 424. The number of carbonyl (C=O) groups is 1. The van der Waals surface area contributed by atoms with Crippen molar-refractivity contribution in [2.24, 2.45) is 0 Å². The maximum absolute atomic E-state index is 11.0. The number of likely N-dealkylation sites (N-methyl/N-ethyl adjacent to an activating group) is 1. The van der Waals surface area contributed by atoms with Crippen LogP contribution in [0.25, 0.3) is 0 Å². The van der Waals surface area contributed by atoms with E-state index < -0.39 is 5.97 Å². The molecule has 0 fully saturated rings. The fourth-order valence-corrected chi connectivity index (χ4v) is 2.41. The van der Waals surface area contributed by atoms with Crippen molar-refractivity contribution in [2.45, 2.75) is 20.3 Å². The number of nitrogens with one attached hydrogen (secondary N) is 1. The first-order valence-electron chi connectivity index (χ1n) is 6.57. The van der Waals surface area contributed by atoms with Crippen LogP contribution in [0.5, 0.6) is 0 Å². The van der Waals surface area contributed by atoms with Crippen LogP contribution in [-0.2, 0) is 0 Å². The number of rotatable bonds is 8. The van der Waals surface area contributed by atoms with Crippen molar-refractivity contribution in [3.63, 3.8) is 0 Å². The fraction of sp³-hybridized carbons (Fsp3) is 0.500. The highest BCUT2D eigenvalue weighted by atomic mass is 79.9. The highest BCUT2D eigenvalue weighted by Gasteiger charge is 2.06. The third-order valence-corrected chi connectivity index (χ3v) is 3.35. The van der Waals surface area contributed by atoms with Gasteiger partial charge in [-0.3, -0.25) is 0 Å². The number of benzene rings is 1. The molecule has 0 unspecified atom stereocenters. The lowest BCUT2D eigenvalue weighted by Gasteiger charge is -2.20. The summed E-state index contributed by atoms with van der Waals surface area (Å²) in [6, 6.07) is 5.15. The summed E-state index contributed by atoms with van der Waals surface area (Å²) in [5.74, 6) is -0.912. The monoisotopic (exact) mass is 328 g/mol. The Morgan fingerprint density at radius 2 is 2.05 bits per heavy atom. The van der Waals surface area contributed by atoms with E-state index in [0.29, 0.717) is 0 Å². The molecule has 0 saturated heterocycles. The summed E-state index contributed by atoms with van der Waals surface area (Å²) in [4.78, 5) is 13.3. The lowest BCUT2D eigenvalue weighted by molar-refractivity contribution is 0.0697. The van der Waals surface area contributed by atoms with E-state index in [0.717, 1.165) is 42.8 Å². The van der Waals surface area contributed by atoms with E-state index in [2.05, 4.69) is 40.0 Å². The van der Waals surface area contributed by atoms with Crippen LogP contribution in [0, 0.1) is 0 Å². The summed E-state index contributed by atoms with van der Waals surface area (Å²) in [6.45, 7) is 8.22. The van der Waals surface area contributed by atoms with Crippen molar-refractivity contribution in [3.8, 4) is 0 Å². The molecule has 0 saturated carbocycles. The zero-order chi connectivity index (χ0) is 14.3. The molecule has 19 heavy (non-hydrogen) atoms. The van der Waals surface area contributed by atoms with Gasteiger partial charge in [-0.25, -0.2) is 4.79 Å². The maximum Gasteiger partial charge on any atom is 0.335 e. The summed E-state index contributed by atoms with van der Waals surface area (Å²) in [5.41, 5.74) is 1.12. The molecule has 0 radical (unpaired) electrons. The van der Waals surface area contributed by atoms with Gasteiger partial charge in [0, 0.05) is 23.2 Å². The molecular weight excluding hydrogens is 308 g/mol. The smallest absolute Gasteiger partial charge is 0.335 e. The molecule has 0 aromatic heterocycles. The zero-order valence-corrected chi connectivity index (χ0v) is 13.0. The Kier molecular flexibility index (Phi) is 6.87. The van der Waals surface area contributed by atoms with Gasteiger partial charge in [0.2, 0.25) is 0 Å². The predicted octanol–water partition coefficient (Wildman–Crippen LogP) is 3.29. The number of carboxylic acid groups (broad SMARTS) is 1. The summed E-state index contributed by atoms with van der Waals surface area (Å²) in [5, 5.41) is 12.3. The van der Waals surface area contributed by atoms with Crippen LogP contribution in [0.4, 0.5) is 5.69 Å². The molecule has 5 heteroatoms. The fourth-order valence-electron chi connectivity index (χ4n) is 1.92. The highest BCUT2D eigenvalue weighted by Crippen LogP contribution is 2.19. The number of anilines is 1. The van der Waals surface area contributed by atoms with Crippen LogP contribution in [0.15, 0.2) is 22.7 Å². The number of hydrogen-bond acceptors (Lipinski definition) is 3. The molecule has 0 heterocycles. The maximum atomic E-state index is 11.0. The normalized spacial score (nSPS) is 10.7. The molecule has 4 nitrogen and oxygen atoms in total. The van der Waals surface area contributed by atoms with Gasteiger partial charge in [0.15, 0.2) is 0 Å². The summed E-state index contributed by atoms with van der Waals surface area (Å²) >= 11 is 3.33. The predicted molar refractivity (Wildman–Crippen MR) is 82.0 cm³/mol. The molecule has 0 spiro atoms. The van der Waals surface area contributed by atoms with Crippen LogP contribution < -0.4 is 5.32 Å². The van der Waals surface area contributed by atoms with E-state index >= 15 is 0 Å². The van der Waals surface area contributed by atoms with Gasteiger partial charge in [-0.2, -0.15) is 0 Å². The molecule has 2 N–H and O–H groups in total. The summed E-state index contributed by atoms with van der Waals surface area (Å²) in [7, 11) is 0. The average Bonchev–Trinajstić information content (AvgIpc) is 2.37. The third-order valence-electron chi connectivity index (χ3n) is 2.89. The lowest BCUT2D eigenvalue weighted by Crippen LogP contribution is -2.29. The molecule has 0 aliphatic heterocycles. The van der Waals surface area contributed by atoms with E-state index in [1.807, 2.05) is 6.07 Å². The van der Waals surface area contributed by atoms with E-state index in [1.54, 1.807) is 12.1 Å². The van der Waals surface area contributed by atoms with Crippen LogP contribution in [-0.4, -0.2) is 42.2 Å². The molecule has 1 rings (SSSR count). The van der Waals surface area contributed by atoms with Gasteiger partial charge < -0.3 is 15.3 Å². The topological polar surface area (TPSA) is 52.6 Å². The number of carboxylic acids is 1. The standard InChI is InChI=1S/C14H21BrN2O2/c1-3-6-17(4-2)7-5-16-13-9-11(14(18)19)8-12(15)10-13/h8-10,16H,3-7H2,1-2H3,(H,18,19). The molecule has 0 aliphatic carbocycles. The minimum Gasteiger partial charge on any atom is -0.478 e. The van der Waals surface area contributed by atoms with Gasteiger partial charge in [0.25, 0.3) is 0 Å². The van der Waals surface area contributed by atoms with Crippen LogP contribution >= 0.6 is 15.9 Å². The Labute approximate surface area is 122 Å². The Hall–Kier alpha value is -1.07. The Morgan fingerprint density at radius 1 is 1.32 bits per heavy atom. The second kappa shape index (κ2) is 8.17. The SMILES string of the molecule is CCCN(CC)CCNc1cc(Br)cc(C(=O)O)c1. The number of aromatic carboxylic acids is 1. The molecule has 0 aliphatic rings. The van der Waals surface area contributed by atoms with Crippen molar-refractivity contribution >= 4 is 27.6 Å². The van der Waals surface area contributed by atoms with E-state index in [-0.39, 0.29) is 5.56 Å². The number of halogens is 1. The second-order valence-corrected chi connectivity index (χ2v) is 5.31. The van der Waals surface area contributed by atoms with Crippen LogP contribution in [0.1, 0.15) is 30.6 Å². The lowest BCUT2D eigenvalue weighted by atomic mass is 10.2. The molecular formula is C14H21BrN2O2. The molecule has 106 valence electrons. The first-order chi connectivity index (χ1) is 9.06. The molecule has 0 bridgehead atoms. The van der Waals surface area contributed by atoms with Gasteiger partial charge in [0.05, 0.1) is 5.56 Å². The average molecular weight is 329 g/mol. The van der Waals surface area contributed by atoms with Crippen molar-refractivity contribution < 1.29 is 9.90 Å². The number of nitrogens with zero attached hydrogens (tertiary/aromatic N) is 1. The Morgan fingerprint density at radius 3 is 2.63 bits per heavy atom. The van der Waals surface area contributed by atoms with E-state index in [4.69, 9.17) is 5.11 Å². The largest absolute Gasteiger partial charge is 0.478 e. The quantitative estimate of drug-likeness (QED) is 0.768. The molecule has 1 aromatic rings. The Balaban J connectivity index is 2.55. The molecule has 0 atom stereocenters. The van der Waals surface area contributed by atoms with Crippen molar-refractivity contribution in [3.05, 3.63) is 28.2 Å². The van der Waals surface area contributed by atoms with Crippen LogP contribution in [0.3, 0.4) is 0 Å². The minimum atomic E-state index is -0.912. The van der Waals surface area contributed by atoms with Gasteiger partial charge >= 0.3 is 5.97 Å². The zero-order valence-electron chi connectivity index (χ0n) is 11.4. The van der Waals surface area contributed by atoms with Crippen molar-refractivity contribution in [1.82, 2.24) is 4.90 Å². The summed E-state index contributed by atoms with van der Waals surface area (Å²) in [6.07, 6.45) is 1.15. The van der Waals surface area contributed by atoms with E-state index in [1.165, 1.54) is 0 Å². The summed E-state index contributed by atoms with van der Waals surface area (Å²) < 4.78 is 0.774. The van der Waals surface area contributed by atoms with Gasteiger partial charge in [0.1, 0.15) is 0 Å². The third kappa shape index (κ3) is 5.61. The van der Waals surface area contributed by atoms with Crippen LogP contribution in [0.2, 0.25) is 0 Å². The van der Waals surface area contributed by atoms with Crippen molar-refractivity contribution in [2.75, 3.05) is 31.5 Å². The second-order valence-electron chi connectivity index (χ2n) is 4.39. The van der Waals surface area contributed by atoms with Gasteiger partial charge in [-0.1, -0.05) is 29.8 Å². The highest BCUT2D eigenvalue weighted by molar-refractivity contribution is 9.10. The van der Waals surface area contributed by atoms with Gasteiger partial charge in [-0.05, 0) is 37.7 Å². The van der Waals surface area contributed by atoms with Gasteiger partial charge in [-0.15, -0.1) is 0 Å². The molecule has 0 amide bonds. The number of hydrogen-bond donors (Lipinski definition) is 2. The first-order valence-corrected chi connectivity index (χ1v) is 7.36. The molecule has 1 aromatic carbocycles. The minimum absolute atomic E-state index is 0.290. The van der Waals surface area contributed by atoms with E-state index in [9.17, 15) is 4.79 Å². The first kappa shape index (κ1) is 16.0.